The van der Waals surface area contributed by atoms with Crippen molar-refractivity contribution in [1.82, 2.24) is 15.5 Å². The number of nitrogens with zero attached hydrogens (tertiary/aromatic N) is 1. The van der Waals surface area contributed by atoms with Crippen LogP contribution in [0.25, 0.3) is 0 Å². The molecular weight excluding hydrogens is 322 g/mol. The van der Waals surface area contributed by atoms with Gasteiger partial charge in [-0.25, -0.2) is 9.59 Å². The molecule has 0 radical (unpaired) electrons. The molecule has 3 amide bonds. The number of hydrogen-bond donors (Lipinski definition) is 3. The fraction of sp³-hybridized carbons (Fsp3) is 0.500. The highest BCUT2D eigenvalue weighted by atomic mass is 16.4. The number of likely N-dealkylation sites (tertiary alicyclic amines) is 1. The summed E-state index contributed by atoms with van der Waals surface area (Å²) in [5.74, 6) is -0.954. The van der Waals surface area contributed by atoms with Crippen LogP contribution in [0.5, 0.6) is 0 Å². The SMILES string of the molecule is CC(C)C(=O)NC1CCN(C(=O)NCc2ccc(C(=O)O)cc2)CC1. The molecule has 0 bridgehead atoms. The fourth-order valence-electron chi connectivity index (χ4n) is 2.65. The summed E-state index contributed by atoms with van der Waals surface area (Å²) in [5.41, 5.74) is 1.07. The van der Waals surface area contributed by atoms with Crippen molar-refractivity contribution in [2.75, 3.05) is 13.1 Å². The van der Waals surface area contributed by atoms with E-state index in [4.69, 9.17) is 5.11 Å². The number of benzene rings is 1. The Hall–Kier alpha value is -2.57. The van der Waals surface area contributed by atoms with Crippen molar-refractivity contribution in [2.24, 2.45) is 5.92 Å². The second kappa shape index (κ2) is 8.50. The van der Waals surface area contributed by atoms with Gasteiger partial charge >= 0.3 is 12.0 Å². The second-order valence-electron chi connectivity index (χ2n) is 6.59. The minimum atomic E-state index is -0.969. The minimum absolute atomic E-state index is 0.0335. The Balaban J connectivity index is 1.75. The first kappa shape index (κ1) is 18.8. The average Bonchev–Trinajstić information content (AvgIpc) is 2.60. The number of carboxylic acid groups (broad SMARTS) is 1. The van der Waals surface area contributed by atoms with Crippen molar-refractivity contribution < 1.29 is 19.5 Å². The lowest BCUT2D eigenvalue weighted by Gasteiger charge is -2.32. The first-order valence-electron chi connectivity index (χ1n) is 8.52. The molecule has 0 atom stereocenters. The number of carbonyl (C=O) groups excluding carboxylic acids is 2. The molecule has 0 unspecified atom stereocenters. The molecule has 7 heteroatoms. The van der Waals surface area contributed by atoms with Crippen LogP contribution in [-0.4, -0.2) is 47.0 Å². The summed E-state index contributed by atoms with van der Waals surface area (Å²) in [4.78, 5) is 36.5. The van der Waals surface area contributed by atoms with Crippen molar-refractivity contribution in [2.45, 2.75) is 39.3 Å². The molecular formula is C18H25N3O4. The average molecular weight is 347 g/mol. The molecule has 1 fully saturated rings. The van der Waals surface area contributed by atoms with Gasteiger partial charge in [0, 0.05) is 31.6 Å². The van der Waals surface area contributed by atoms with Crippen molar-refractivity contribution in [1.29, 1.82) is 0 Å². The van der Waals surface area contributed by atoms with Gasteiger partial charge in [0.25, 0.3) is 0 Å². The lowest BCUT2D eigenvalue weighted by molar-refractivity contribution is -0.124. The lowest BCUT2D eigenvalue weighted by Crippen LogP contribution is -2.49. The van der Waals surface area contributed by atoms with E-state index >= 15 is 0 Å². The van der Waals surface area contributed by atoms with Crippen LogP contribution in [0.1, 0.15) is 42.6 Å². The number of rotatable bonds is 5. The first-order valence-corrected chi connectivity index (χ1v) is 8.52. The van der Waals surface area contributed by atoms with E-state index in [1.807, 2.05) is 13.8 Å². The quantitative estimate of drug-likeness (QED) is 0.757. The molecule has 136 valence electrons. The van der Waals surface area contributed by atoms with Gasteiger partial charge in [0.2, 0.25) is 5.91 Å². The minimum Gasteiger partial charge on any atom is -0.478 e. The zero-order chi connectivity index (χ0) is 18.4. The van der Waals surface area contributed by atoms with Gasteiger partial charge in [-0.1, -0.05) is 26.0 Å². The summed E-state index contributed by atoms with van der Waals surface area (Å²) >= 11 is 0. The number of carbonyl (C=O) groups is 3. The van der Waals surface area contributed by atoms with Crippen LogP contribution in [0.3, 0.4) is 0 Å². The maximum absolute atomic E-state index is 12.2. The molecule has 3 N–H and O–H groups in total. The number of hydrogen-bond acceptors (Lipinski definition) is 3. The predicted molar refractivity (Wildman–Crippen MR) is 93.2 cm³/mol. The summed E-state index contributed by atoms with van der Waals surface area (Å²) in [6, 6.07) is 6.41. The Labute approximate surface area is 147 Å². The molecule has 0 aromatic heterocycles. The lowest BCUT2D eigenvalue weighted by atomic mass is 10.0. The van der Waals surface area contributed by atoms with Crippen molar-refractivity contribution >= 4 is 17.9 Å². The molecule has 1 aliphatic heterocycles. The Kier molecular flexibility index (Phi) is 6.38. The Morgan fingerprint density at radius 1 is 1.16 bits per heavy atom. The molecule has 7 nitrogen and oxygen atoms in total. The van der Waals surface area contributed by atoms with Crippen molar-refractivity contribution in [3.05, 3.63) is 35.4 Å². The third kappa shape index (κ3) is 5.48. The van der Waals surface area contributed by atoms with E-state index in [2.05, 4.69) is 10.6 Å². The van der Waals surface area contributed by atoms with E-state index in [1.54, 1.807) is 17.0 Å². The highest BCUT2D eigenvalue weighted by Crippen LogP contribution is 2.12. The van der Waals surface area contributed by atoms with Crippen LogP contribution in [0.4, 0.5) is 4.79 Å². The highest BCUT2D eigenvalue weighted by Gasteiger charge is 2.24. The van der Waals surface area contributed by atoms with Crippen LogP contribution >= 0.6 is 0 Å². The smallest absolute Gasteiger partial charge is 0.335 e. The van der Waals surface area contributed by atoms with E-state index in [0.29, 0.717) is 19.6 Å². The monoisotopic (exact) mass is 347 g/mol. The van der Waals surface area contributed by atoms with E-state index in [9.17, 15) is 14.4 Å². The molecule has 0 spiro atoms. The van der Waals surface area contributed by atoms with Crippen molar-refractivity contribution in [3.8, 4) is 0 Å². The van der Waals surface area contributed by atoms with Crippen LogP contribution in [0, 0.1) is 5.92 Å². The van der Waals surface area contributed by atoms with Gasteiger partial charge in [0.1, 0.15) is 0 Å². The number of amides is 3. The van der Waals surface area contributed by atoms with Gasteiger partial charge in [-0.2, -0.15) is 0 Å². The standard InChI is InChI=1S/C18H25N3O4/c1-12(2)16(22)20-15-7-9-21(10-8-15)18(25)19-11-13-3-5-14(6-4-13)17(23)24/h3-6,12,15H,7-11H2,1-2H3,(H,19,25)(H,20,22)(H,23,24). The maximum atomic E-state index is 12.2. The summed E-state index contributed by atoms with van der Waals surface area (Å²) in [7, 11) is 0. The molecule has 0 saturated carbocycles. The van der Waals surface area contributed by atoms with Crippen LogP contribution in [0.2, 0.25) is 0 Å². The fourth-order valence-corrected chi connectivity index (χ4v) is 2.65. The number of carboxylic acids is 1. The topological polar surface area (TPSA) is 98.7 Å². The summed E-state index contributed by atoms with van der Waals surface area (Å²) in [6.45, 7) is 5.28. The molecule has 25 heavy (non-hydrogen) atoms. The molecule has 2 rings (SSSR count). The third-order valence-electron chi connectivity index (χ3n) is 4.30. The number of urea groups is 1. The molecule has 1 aliphatic rings. The summed E-state index contributed by atoms with van der Waals surface area (Å²) < 4.78 is 0. The van der Waals surface area contributed by atoms with Gasteiger partial charge < -0.3 is 20.6 Å². The first-order chi connectivity index (χ1) is 11.9. The molecule has 1 aromatic carbocycles. The predicted octanol–water partition coefficient (Wildman–Crippen LogP) is 1.83. The number of nitrogens with one attached hydrogen (secondary N) is 2. The summed E-state index contributed by atoms with van der Waals surface area (Å²) in [6.07, 6.45) is 1.50. The van der Waals surface area contributed by atoms with Gasteiger partial charge in [0.15, 0.2) is 0 Å². The second-order valence-corrected chi connectivity index (χ2v) is 6.59. The molecule has 1 aromatic rings. The zero-order valence-electron chi connectivity index (χ0n) is 14.6. The van der Waals surface area contributed by atoms with E-state index < -0.39 is 5.97 Å². The van der Waals surface area contributed by atoms with Gasteiger partial charge in [-0.3, -0.25) is 4.79 Å². The Bertz CT molecular complexity index is 620. The Morgan fingerprint density at radius 2 is 1.76 bits per heavy atom. The highest BCUT2D eigenvalue weighted by molar-refractivity contribution is 5.87. The third-order valence-corrected chi connectivity index (χ3v) is 4.30. The molecule has 0 aliphatic carbocycles. The van der Waals surface area contributed by atoms with E-state index in [0.717, 1.165) is 18.4 Å². The maximum Gasteiger partial charge on any atom is 0.335 e. The summed E-state index contributed by atoms with van der Waals surface area (Å²) in [5, 5.41) is 14.7. The molecule has 1 heterocycles. The van der Waals surface area contributed by atoms with Gasteiger partial charge in [-0.05, 0) is 30.5 Å². The van der Waals surface area contributed by atoms with Gasteiger partial charge in [0.05, 0.1) is 5.56 Å². The molecule has 1 saturated heterocycles. The normalized spacial score (nSPS) is 15.1. The number of piperidine rings is 1. The van der Waals surface area contributed by atoms with E-state index in [1.165, 1.54) is 12.1 Å². The largest absolute Gasteiger partial charge is 0.478 e. The van der Waals surface area contributed by atoms with Crippen LogP contribution in [0.15, 0.2) is 24.3 Å². The number of aromatic carboxylic acids is 1. The zero-order valence-corrected chi connectivity index (χ0v) is 14.6. The van der Waals surface area contributed by atoms with Crippen molar-refractivity contribution in [3.63, 3.8) is 0 Å². The van der Waals surface area contributed by atoms with Crippen LogP contribution < -0.4 is 10.6 Å². The van der Waals surface area contributed by atoms with E-state index in [-0.39, 0.29) is 29.5 Å². The van der Waals surface area contributed by atoms with Crippen LogP contribution in [-0.2, 0) is 11.3 Å². The Morgan fingerprint density at radius 3 is 2.28 bits per heavy atom. The van der Waals surface area contributed by atoms with Gasteiger partial charge in [-0.15, -0.1) is 0 Å².